The van der Waals surface area contributed by atoms with Gasteiger partial charge in [-0.25, -0.2) is 0 Å². The highest BCUT2D eigenvalue weighted by molar-refractivity contribution is 5.92. The molecule has 0 aliphatic heterocycles. The highest BCUT2D eigenvalue weighted by atomic mass is 19.4. The Morgan fingerprint density at radius 3 is 2.71 bits per heavy atom. The van der Waals surface area contributed by atoms with Gasteiger partial charge in [-0.15, -0.1) is 0 Å². The minimum Gasteiger partial charge on any atom is -0.496 e. The summed E-state index contributed by atoms with van der Waals surface area (Å²) in [5, 5.41) is 2.65. The Labute approximate surface area is 140 Å². The molecule has 0 saturated heterocycles. The molecule has 0 heterocycles. The molecule has 1 aromatic rings. The van der Waals surface area contributed by atoms with Crippen LogP contribution >= 0.6 is 0 Å². The van der Waals surface area contributed by atoms with Crippen molar-refractivity contribution < 1.29 is 22.7 Å². The summed E-state index contributed by atoms with van der Waals surface area (Å²) in [6.07, 6.45) is -0.721. The van der Waals surface area contributed by atoms with E-state index in [1.54, 1.807) is 13.2 Å². The van der Waals surface area contributed by atoms with E-state index in [0.717, 1.165) is 11.1 Å². The van der Waals surface area contributed by atoms with E-state index in [1.807, 2.05) is 25.1 Å². The van der Waals surface area contributed by atoms with Gasteiger partial charge in [-0.3, -0.25) is 9.69 Å². The van der Waals surface area contributed by atoms with E-state index in [4.69, 9.17) is 4.74 Å². The average molecular weight is 344 g/mol. The van der Waals surface area contributed by atoms with Crippen molar-refractivity contribution in [2.45, 2.75) is 19.5 Å². The highest BCUT2D eigenvalue weighted by Gasteiger charge is 2.28. The van der Waals surface area contributed by atoms with Crippen LogP contribution in [0.3, 0.4) is 0 Å². The Kier molecular flexibility index (Phi) is 7.78. The van der Waals surface area contributed by atoms with Crippen LogP contribution in [0.4, 0.5) is 13.2 Å². The zero-order chi connectivity index (χ0) is 18.2. The quantitative estimate of drug-likeness (QED) is 0.582. The zero-order valence-electron chi connectivity index (χ0n) is 14.1. The number of halogens is 3. The van der Waals surface area contributed by atoms with Crippen LogP contribution in [0.2, 0.25) is 0 Å². The molecule has 0 spiro atoms. The minimum absolute atomic E-state index is 0.259. The number of nitrogens with zero attached hydrogens (tertiary/aromatic N) is 1. The normalized spacial score (nSPS) is 12.0. The number of rotatable bonds is 8. The molecule has 0 radical (unpaired) electrons. The molecular formula is C17H23F3N2O2. The predicted octanol–water partition coefficient (Wildman–Crippen LogP) is 3.02. The Morgan fingerprint density at radius 1 is 1.38 bits per heavy atom. The maximum Gasteiger partial charge on any atom is 0.401 e. The molecule has 1 rings (SSSR count). The highest BCUT2D eigenvalue weighted by Crippen LogP contribution is 2.20. The molecule has 24 heavy (non-hydrogen) atoms. The van der Waals surface area contributed by atoms with Crippen LogP contribution in [0.15, 0.2) is 24.3 Å². The van der Waals surface area contributed by atoms with Gasteiger partial charge in [0.1, 0.15) is 5.75 Å². The lowest BCUT2D eigenvalue weighted by Gasteiger charge is -2.18. The van der Waals surface area contributed by atoms with Crippen molar-refractivity contribution in [3.63, 3.8) is 0 Å². The number of benzene rings is 1. The van der Waals surface area contributed by atoms with Crippen molar-refractivity contribution in [3.05, 3.63) is 35.4 Å². The van der Waals surface area contributed by atoms with Gasteiger partial charge in [-0.1, -0.05) is 11.6 Å². The van der Waals surface area contributed by atoms with Crippen LogP contribution in [0.25, 0.3) is 6.08 Å². The molecule has 1 amide bonds. The number of aryl methyl sites for hydroxylation is 1. The molecule has 0 saturated carbocycles. The summed E-state index contributed by atoms with van der Waals surface area (Å²) < 4.78 is 41.7. The maximum atomic E-state index is 12.2. The minimum atomic E-state index is -4.20. The molecule has 4 nitrogen and oxygen atoms in total. The van der Waals surface area contributed by atoms with Gasteiger partial charge in [-0.2, -0.15) is 13.2 Å². The lowest BCUT2D eigenvalue weighted by atomic mass is 10.1. The Balaban J connectivity index is 2.38. The topological polar surface area (TPSA) is 41.6 Å². The van der Waals surface area contributed by atoms with Crippen molar-refractivity contribution in [1.82, 2.24) is 10.2 Å². The van der Waals surface area contributed by atoms with E-state index in [-0.39, 0.29) is 12.5 Å². The second-order valence-corrected chi connectivity index (χ2v) is 5.58. The SMILES string of the molecule is COc1ccc(C)cc1/C=C/C(=O)NCCCN(C)CC(F)(F)F. The van der Waals surface area contributed by atoms with Gasteiger partial charge in [0.05, 0.1) is 13.7 Å². The molecule has 0 aromatic heterocycles. The number of amides is 1. The number of carbonyl (C=O) groups is 1. The molecule has 1 N–H and O–H groups in total. The van der Waals surface area contributed by atoms with E-state index in [1.165, 1.54) is 18.0 Å². The molecule has 0 unspecified atom stereocenters. The summed E-state index contributed by atoms with van der Waals surface area (Å²) in [6, 6.07) is 5.63. The summed E-state index contributed by atoms with van der Waals surface area (Å²) in [7, 11) is 2.96. The number of hydrogen-bond acceptors (Lipinski definition) is 3. The van der Waals surface area contributed by atoms with Crippen LogP contribution in [-0.2, 0) is 4.79 Å². The van der Waals surface area contributed by atoms with Gasteiger partial charge in [-0.05, 0) is 45.1 Å². The first-order valence-corrected chi connectivity index (χ1v) is 7.57. The van der Waals surface area contributed by atoms with E-state index < -0.39 is 12.7 Å². The number of alkyl halides is 3. The predicted molar refractivity (Wildman–Crippen MR) is 87.9 cm³/mol. The fraction of sp³-hybridized carbons (Fsp3) is 0.471. The first-order chi connectivity index (χ1) is 11.2. The molecule has 0 atom stereocenters. The van der Waals surface area contributed by atoms with E-state index in [9.17, 15) is 18.0 Å². The fourth-order valence-electron chi connectivity index (χ4n) is 2.15. The summed E-state index contributed by atoms with van der Waals surface area (Å²) >= 11 is 0. The Hall–Kier alpha value is -2.02. The lowest BCUT2D eigenvalue weighted by Crippen LogP contribution is -2.33. The third-order valence-electron chi connectivity index (χ3n) is 3.26. The standard InChI is InChI=1S/C17H23F3N2O2/c1-13-5-7-15(24-3)14(11-13)6-8-16(23)21-9-4-10-22(2)12-17(18,19)20/h5-8,11H,4,9-10,12H2,1-3H3,(H,21,23)/b8-6+. The third kappa shape index (κ3) is 8.01. The summed E-state index contributed by atoms with van der Waals surface area (Å²) in [5.74, 6) is 0.371. The number of ether oxygens (including phenoxy) is 1. The van der Waals surface area contributed by atoms with Crippen molar-refractivity contribution in [2.24, 2.45) is 0 Å². The summed E-state index contributed by atoms with van der Waals surface area (Å²) in [4.78, 5) is 12.9. The fourth-order valence-corrected chi connectivity index (χ4v) is 2.15. The van der Waals surface area contributed by atoms with Gasteiger partial charge in [0.25, 0.3) is 0 Å². The molecule has 0 aliphatic carbocycles. The van der Waals surface area contributed by atoms with E-state index in [2.05, 4.69) is 5.32 Å². The van der Waals surface area contributed by atoms with Crippen LogP contribution in [0, 0.1) is 6.92 Å². The molecule has 0 aliphatic rings. The number of methoxy groups -OCH3 is 1. The lowest BCUT2D eigenvalue weighted by molar-refractivity contribution is -0.143. The van der Waals surface area contributed by atoms with E-state index >= 15 is 0 Å². The third-order valence-corrected chi connectivity index (χ3v) is 3.26. The molecule has 134 valence electrons. The number of hydrogen-bond donors (Lipinski definition) is 1. The molecule has 1 aromatic carbocycles. The van der Waals surface area contributed by atoms with Crippen LogP contribution in [0.1, 0.15) is 17.5 Å². The van der Waals surface area contributed by atoms with Gasteiger partial charge in [0, 0.05) is 18.2 Å². The van der Waals surface area contributed by atoms with Gasteiger partial charge < -0.3 is 10.1 Å². The second-order valence-electron chi connectivity index (χ2n) is 5.58. The van der Waals surface area contributed by atoms with Crippen molar-refractivity contribution in [2.75, 3.05) is 33.8 Å². The maximum absolute atomic E-state index is 12.2. The smallest absolute Gasteiger partial charge is 0.401 e. The Morgan fingerprint density at radius 2 is 2.08 bits per heavy atom. The first kappa shape index (κ1) is 20.0. The van der Waals surface area contributed by atoms with Crippen LogP contribution in [-0.4, -0.2) is 50.8 Å². The van der Waals surface area contributed by atoms with Gasteiger partial charge in [0.15, 0.2) is 0 Å². The number of nitrogens with one attached hydrogen (secondary N) is 1. The van der Waals surface area contributed by atoms with Crippen LogP contribution < -0.4 is 10.1 Å². The van der Waals surface area contributed by atoms with Crippen molar-refractivity contribution >= 4 is 12.0 Å². The summed E-state index contributed by atoms with van der Waals surface area (Å²) in [5.41, 5.74) is 1.83. The molecule has 7 heteroatoms. The molecule has 0 bridgehead atoms. The van der Waals surface area contributed by atoms with Crippen molar-refractivity contribution in [1.29, 1.82) is 0 Å². The first-order valence-electron chi connectivity index (χ1n) is 7.57. The van der Waals surface area contributed by atoms with E-state index in [0.29, 0.717) is 18.7 Å². The average Bonchev–Trinajstić information content (AvgIpc) is 2.48. The van der Waals surface area contributed by atoms with Crippen molar-refractivity contribution in [3.8, 4) is 5.75 Å². The van der Waals surface area contributed by atoms with Gasteiger partial charge >= 0.3 is 6.18 Å². The Bertz CT molecular complexity index is 571. The van der Waals surface area contributed by atoms with Gasteiger partial charge in [0.2, 0.25) is 5.91 Å². The summed E-state index contributed by atoms with van der Waals surface area (Å²) in [6.45, 7) is 1.56. The largest absolute Gasteiger partial charge is 0.496 e. The zero-order valence-corrected chi connectivity index (χ0v) is 14.1. The number of carbonyl (C=O) groups excluding carboxylic acids is 1. The second kappa shape index (κ2) is 9.32. The molecular weight excluding hydrogens is 321 g/mol. The molecule has 0 fully saturated rings. The van der Waals surface area contributed by atoms with Crippen LogP contribution in [0.5, 0.6) is 5.75 Å². The monoisotopic (exact) mass is 344 g/mol.